The van der Waals surface area contributed by atoms with Gasteiger partial charge >= 0.3 is 12.1 Å². The Bertz CT molecular complexity index is 1180. The minimum atomic E-state index is -4.64. The molecule has 0 fully saturated rings. The summed E-state index contributed by atoms with van der Waals surface area (Å²) >= 11 is 0. The van der Waals surface area contributed by atoms with Crippen LogP contribution in [-0.4, -0.2) is 30.6 Å². The Hall–Kier alpha value is -3.08. The number of carbonyl (C=O) groups excluding carboxylic acids is 1. The lowest BCUT2D eigenvalue weighted by molar-refractivity contribution is -0.147. The number of benzene rings is 1. The maximum Gasteiger partial charge on any atom is 0.417 e. The molecule has 1 aliphatic heterocycles. The van der Waals surface area contributed by atoms with Gasteiger partial charge in [0.25, 0.3) is 10.0 Å². The number of rotatable bonds is 8. The first kappa shape index (κ1) is 25.5. The number of aromatic nitrogens is 1. The molecule has 11 heteroatoms. The second-order valence-electron chi connectivity index (χ2n) is 7.96. The second-order valence-corrected chi connectivity index (χ2v) is 9.58. The molecule has 2 N–H and O–H groups in total. The molecule has 184 valence electrons. The Balaban J connectivity index is 1.86. The van der Waals surface area contributed by atoms with Gasteiger partial charge in [0.05, 0.1) is 11.1 Å². The first-order valence-electron chi connectivity index (χ1n) is 10.7. The molecule has 3 rings (SSSR count). The van der Waals surface area contributed by atoms with E-state index in [1.807, 2.05) is 13.8 Å². The molecule has 2 atom stereocenters. The van der Waals surface area contributed by atoms with E-state index < -0.39 is 38.7 Å². The minimum absolute atomic E-state index is 0.0403. The van der Waals surface area contributed by atoms with Gasteiger partial charge in [0.15, 0.2) is 5.03 Å². The van der Waals surface area contributed by atoms with Gasteiger partial charge in [-0.3, -0.25) is 4.72 Å². The van der Waals surface area contributed by atoms with Crippen molar-refractivity contribution in [3.63, 3.8) is 0 Å². The summed E-state index contributed by atoms with van der Waals surface area (Å²) in [6.07, 6.45) is -2.48. The number of hydrogen-bond acceptors (Lipinski definition) is 6. The molecule has 0 saturated heterocycles. The molecule has 7 nitrogen and oxygen atoms in total. The Morgan fingerprint density at radius 1 is 1.24 bits per heavy atom. The van der Waals surface area contributed by atoms with Crippen molar-refractivity contribution in [2.45, 2.75) is 62.8 Å². The number of hydrogen-bond donors (Lipinski definition) is 2. The number of alkyl halides is 3. The Morgan fingerprint density at radius 3 is 2.53 bits per heavy atom. The Morgan fingerprint density at radius 2 is 1.97 bits per heavy atom. The first-order chi connectivity index (χ1) is 16.0. The van der Waals surface area contributed by atoms with Crippen LogP contribution >= 0.6 is 0 Å². The normalized spacial score (nSPS) is 17.9. The first-order valence-corrected chi connectivity index (χ1v) is 12.2. The van der Waals surface area contributed by atoms with Crippen molar-refractivity contribution in [2.75, 3.05) is 4.72 Å². The number of sulfonamides is 1. The van der Waals surface area contributed by atoms with E-state index in [4.69, 9.17) is 4.74 Å². The fourth-order valence-corrected chi connectivity index (χ4v) is 4.85. The van der Waals surface area contributed by atoms with Gasteiger partial charge in [0.1, 0.15) is 11.9 Å². The van der Waals surface area contributed by atoms with Crippen LogP contribution in [0.5, 0.6) is 0 Å². The smallest absolute Gasteiger partial charge is 0.417 e. The molecule has 0 spiro atoms. The van der Waals surface area contributed by atoms with Gasteiger partial charge in [-0.1, -0.05) is 32.4 Å². The highest BCUT2D eigenvalue weighted by Gasteiger charge is 2.34. The van der Waals surface area contributed by atoms with E-state index in [1.165, 1.54) is 12.1 Å². The number of nitrogens with one attached hydrogen (secondary N) is 1. The predicted octanol–water partition coefficient (Wildman–Crippen LogP) is 5.32. The highest BCUT2D eigenvalue weighted by atomic mass is 32.2. The molecular formula is C23H25F3N2O5S. The minimum Gasteiger partial charge on any atom is -0.512 e. The van der Waals surface area contributed by atoms with Crippen molar-refractivity contribution in [1.82, 2.24) is 4.98 Å². The van der Waals surface area contributed by atoms with Crippen LogP contribution in [0, 0.1) is 0 Å². The number of cyclic esters (lactones) is 1. The predicted molar refractivity (Wildman–Crippen MR) is 119 cm³/mol. The van der Waals surface area contributed by atoms with E-state index in [2.05, 4.69) is 9.71 Å². The van der Waals surface area contributed by atoms with E-state index in [-0.39, 0.29) is 29.5 Å². The Kier molecular flexibility index (Phi) is 7.54. The lowest BCUT2D eigenvalue weighted by Gasteiger charge is -2.28. The lowest BCUT2D eigenvalue weighted by atomic mass is 9.85. The molecule has 0 saturated carbocycles. The monoisotopic (exact) mass is 498 g/mol. The second kappa shape index (κ2) is 10.0. The standard InChI is InChI=1S/C23H25F3N2O5S/c1-3-6-17-12-19(29)21(22(30)33-17)18(4-2)14-7-5-8-16(11-14)28-34(31,32)20-10-9-15(13-27-20)23(24,25)26/h5,7-11,13,17-18,28-29H,3-4,6,12H2,1-2H3/t17?,18-/m1/s1. The van der Waals surface area contributed by atoms with Gasteiger partial charge in [-0.25, -0.2) is 9.78 Å². The molecule has 34 heavy (non-hydrogen) atoms. The van der Waals surface area contributed by atoms with Gasteiger partial charge in [0, 0.05) is 24.2 Å². The third-order valence-corrected chi connectivity index (χ3v) is 6.77. The number of aliphatic hydroxyl groups is 1. The van der Waals surface area contributed by atoms with Crippen LogP contribution in [-0.2, 0) is 25.7 Å². The highest BCUT2D eigenvalue weighted by molar-refractivity contribution is 7.92. The largest absolute Gasteiger partial charge is 0.512 e. The highest BCUT2D eigenvalue weighted by Crippen LogP contribution is 2.36. The number of aliphatic hydroxyl groups excluding tert-OH is 1. The summed E-state index contributed by atoms with van der Waals surface area (Å²) in [6.45, 7) is 3.77. The molecule has 0 radical (unpaired) electrons. The van der Waals surface area contributed by atoms with Crippen molar-refractivity contribution in [1.29, 1.82) is 0 Å². The molecule has 1 aromatic carbocycles. The van der Waals surface area contributed by atoms with E-state index >= 15 is 0 Å². The third kappa shape index (κ3) is 5.69. The van der Waals surface area contributed by atoms with Crippen LogP contribution < -0.4 is 4.72 Å². The molecule has 0 amide bonds. The molecule has 1 aromatic heterocycles. The summed E-state index contributed by atoms with van der Waals surface area (Å²) in [5.74, 6) is -1.18. The summed E-state index contributed by atoms with van der Waals surface area (Å²) < 4.78 is 71.2. The summed E-state index contributed by atoms with van der Waals surface area (Å²) in [6, 6.07) is 7.64. The van der Waals surface area contributed by atoms with E-state index in [9.17, 15) is 31.5 Å². The lowest BCUT2D eigenvalue weighted by Crippen LogP contribution is -2.29. The molecule has 2 heterocycles. The number of nitrogens with zero attached hydrogens (tertiary/aromatic N) is 1. The van der Waals surface area contributed by atoms with Crippen LogP contribution in [0.4, 0.5) is 18.9 Å². The maximum atomic E-state index is 12.7. The molecule has 1 aliphatic rings. The number of pyridine rings is 1. The zero-order valence-corrected chi connectivity index (χ0v) is 19.4. The molecule has 1 unspecified atom stereocenters. The zero-order chi connectivity index (χ0) is 25.1. The average Bonchev–Trinajstić information content (AvgIpc) is 2.76. The van der Waals surface area contributed by atoms with Crippen LogP contribution in [0.1, 0.15) is 56.6 Å². The van der Waals surface area contributed by atoms with E-state index in [0.29, 0.717) is 30.7 Å². The molecule has 0 bridgehead atoms. The van der Waals surface area contributed by atoms with Gasteiger partial charge in [-0.05, 0) is 42.7 Å². The average molecular weight is 499 g/mol. The van der Waals surface area contributed by atoms with Crippen molar-refractivity contribution < 1.29 is 36.2 Å². The van der Waals surface area contributed by atoms with Crippen LogP contribution in [0.25, 0.3) is 0 Å². The summed E-state index contributed by atoms with van der Waals surface area (Å²) in [4.78, 5) is 16.1. The van der Waals surface area contributed by atoms with Crippen LogP contribution in [0.2, 0.25) is 0 Å². The van der Waals surface area contributed by atoms with E-state index in [0.717, 1.165) is 12.5 Å². The summed E-state index contributed by atoms with van der Waals surface area (Å²) in [7, 11) is -4.27. The van der Waals surface area contributed by atoms with Gasteiger partial charge < -0.3 is 9.84 Å². The number of ether oxygens (including phenoxy) is 1. The fraction of sp³-hybridized carbons (Fsp3) is 0.391. The summed E-state index contributed by atoms with van der Waals surface area (Å²) in [5.41, 5.74) is -0.228. The zero-order valence-electron chi connectivity index (χ0n) is 18.6. The number of anilines is 1. The quantitative estimate of drug-likeness (QED) is 0.477. The van der Waals surface area contributed by atoms with Crippen molar-refractivity contribution in [3.05, 3.63) is 65.1 Å². The van der Waals surface area contributed by atoms with Gasteiger partial charge in [-0.2, -0.15) is 21.6 Å². The van der Waals surface area contributed by atoms with Crippen LogP contribution in [0.15, 0.2) is 59.0 Å². The topological polar surface area (TPSA) is 106 Å². The van der Waals surface area contributed by atoms with Gasteiger partial charge in [0.2, 0.25) is 0 Å². The van der Waals surface area contributed by atoms with E-state index in [1.54, 1.807) is 12.1 Å². The molecule has 2 aromatic rings. The number of halogens is 3. The molecular weight excluding hydrogens is 473 g/mol. The molecule has 0 aliphatic carbocycles. The van der Waals surface area contributed by atoms with Crippen molar-refractivity contribution in [2.24, 2.45) is 0 Å². The van der Waals surface area contributed by atoms with Crippen molar-refractivity contribution in [3.8, 4) is 0 Å². The fourth-order valence-electron chi connectivity index (χ4n) is 3.87. The number of carbonyl (C=O) groups is 1. The Labute approximate surface area is 195 Å². The SMILES string of the molecule is CCCC1CC(O)=C([C@H](CC)c2cccc(NS(=O)(=O)c3ccc(C(F)(F)F)cn3)c2)C(=O)O1. The number of esters is 1. The van der Waals surface area contributed by atoms with Gasteiger partial charge in [-0.15, -0.1) is 0 Å². The summed E-state index contributed by atoms with van der Waals surface area (Å²) in [5, 5.41) is 9.99. The third-order valence-electron chi connectivity index (χ3n) is 5.47. The maximum absolute atomic E-state index is 12.7. The van der Waals surface area contributed by atoms with Crippen LogP contribution in [0.3, 0.4) is 0 Å². The van der Waals surface area contributed by atoms with Crippen molar-refractivity contribution >= 4 is 21.7 Å².